The van der Waals surface area contributed by atoms with Crippen molar-refractivity contribution >= 4 is 22.9 Å². The van der Waals surface area contributed by atoms with Gasteiger partial charge in [0, 0.05) is 17.5 Å². The van der Waals surface area contributed by atoms with Gasteiger partial charge in [0.2, 0.25) is 11.6 Å². The average molecular weight is 285 g/mol. The quantitative estimate of drug-likeness (QED) is 0.749. The Morgan fingerprint density at radius 2 is 1.70 bits per heavy atom. The molecule has 4 heteroatoms. The summed E-state index contributed by atoms with van der Waals surface area (Å²) in [6, 6.07) is 7.20. The van der Waals surface area contributed by atoms with Gasteiger partial charge >= 0.3 is 0 Å². The number of Topliss-reactive ketones (excluding diaryl/α,β-unsaturated/α-hetero) is 2. The van der Waals surface area contributed by atoms with Crippen LogP contribution in [0.15, 0.2) is 24.3 Å². The van der Waals surface area contributed by atoms with Gasteiger partial charge in [0.15, 0.2) is 0 Å². The number of rotatable bonds is 1. The molecule has 0 spiro atoms. The van der Waals surface area contributed by atoms with Crippen LogP contribution in [0.4, 0.5) is 0 Å². The first-order valence-corrected chi connectivity index (χ1v) is 7.36. The van der Waals surface area contributed by atoms with Gasteiger partial charge in [0.25, 0.3) is 0 Å². The van der Waals surface area contributed by atoms with Gasteiger partial charge < -0.3 is 0 Å². The number of hydrogen-bond acceptors (Lipinski definition) is 4. The predicted octanol–water partition coefficient (Wildman–Crippen LogP) is 3.78. The molecule has 1 aromatic heterocycles. The number of aromatic nitrogens is 1. The Bertz CT molecular complexity index is 722. The molecule has 0 saturated carbocycles. The van der Waals surface area contributed by atoms with Crippen molar-refractivity contribution in [2.24, 2.45) is 5.41 Å². The van der Waals surface area contributed by atoms with Crippen molar-refractivity contribution < 1.29 is 9.59 Å². The second-order valence-electron chi connectivity index (χ2n) is 6.23. The van der Waals surface area contributed by atoms with E-state index in [0.29, 0.717) is 16.1 Å². The molecule has 1 aromatic carbocycles. The third-order valence-corrected chi connectivity index (χ3v) is 4.25. The summed E-state index contributed by atoms with van der Waals surface area (Å²) >= 11 is 1.36. The van der Waals surface area contributed by atoms with Crippen LogP contribution in [0.5, 0.6) is 0 Å². The van der Waals surface area contributed by atoms with E-state index in [1.807, 2.05) is 12.1 Å². The maximum Gasteiger partial charge on any atom is 0.245 e. The molecule has 1 heterocycles. The number of benzene rings is 1. The molecule has 0 radical (unpaired) electrons. The van der Waals surface area contributed by atoms with E-state index in [-0.39, 0.29) is 5.41 Å². The number of carbonyl (C=O) groups excluding carboxylic acids is 2. The summed E-state index contributed by atoms with van der Waals surface area (Å²) in [6.45, 7) is 6.40. The SMILES string of the molecule is CC(C)(C)Cc1nc2c(s1)C(=O)C(=O)c1ccccc1-2. The molecular formula is C16H15NO2S. The molecule has 0 unspecified atom stereocenters. The highest BCUT2D eigenvalue weighted by Gasteiger charge is 2.33. The molecule has 0 N–H and O–H groups in total. The zero-order valence-electron chi connectivity index (χ0n) is 11.7. The number of ketones is 2. The van der Waals surface area contributed by atoms with E-state index in [9.17, 15) is 9.59 Å². The second-order valence-corrected chi connectivity index (χ2v) is 7.31. The Balaban J connectivity index is 2.16. The lowest BCUT2D eigenvalue weighted by atomic mass is 9.91. The Labute approximate surface area is 121 Å². The molecule has 0 aliphatic heterocycles. The van der Waals surface area contributed by atoms with Crippen LogP contribution >= 0.6 is 11.3 Å². The molecule has 0 amide bonds. The van der Waals surface area contributed by atoms with Gasteiger partial charge in [-0.1, -0.05) is 45.0 Å². The third kappa shape index (κ3) is 2.10. The molecule has 20 heavy (non-hydrogen) atoms. The van der Waals surface area contributed by atoms with E-state index >= 15 is 0 Å². The van der Waals surface area contributed by atoms with Gasteiger partial charge in [-0.3, -0.25) is 9.59 Å². The lowest BCUT2D eigenvalue weighted by molar-refractivity contribution is 0.0817. The van der Waals surface area contributed by atoms with Crippen molar-refractivity contribution in [1.82, 2.24) is 4.98 Å². The van der Waals surface area contributed by atoms with E-state index in [0.717, 1.165) is 17.0 Å². The monoisotopic (exact) mass is 285 g/mol. The van der Waals surface area contributed by atoms with Crippen molar-refractivity contribution in [2.45, 2.75) is 27.2 Å². The number of hydrogen-bond donors (Lipinski definition) is 0. The molecule has 1 aliphatic carbocycles. The van der Waals surface area contributed by atoms with Gasteiger partial charge in [-0.15, -0.1) is 11.3 Å². The summed E-state index contributed by atoms with van der Waals surface area (Å²) in [5, 5.41) is 0.917. The van der Waals surface area contributed by atoms with Crippen LogP contribution in [0.3, 0.4) is 0 Å². The normalized spacial score (nSPS) is 14.2. The predicted molar refractivity (Wildman–Crippen MR) is 79.4 cm³/mol. The smallest absolute Gasteiger partial charge is 0.245 e. The van der Waals surface area contributed by atoms with E-state index in [1.54, 1.807) is 12.1 Å². The number of carbonyl (C=O) groups is 2. The fraction of sp³-hybridized carbons (Fsp3) is 0.312. The highest BCUT2D eigenvalue weighted by Crippen LogP contribution is 2.37. The Morgan fingerprint density at radius 3 is 2.35 bits per heavy atom. The minimum absolute atomic E-state index is 0.104. The van der Waals surface area contributed by atoms with E-state index in [1.165, 1.54) is 11.3 Å². The van der Waals surface area contributed by atoms with Crippen LogP contribution in [0.25, 0.3) is 11.3 Å². The fourth-order valence-electron chi connectivity index (χ4n) is 2.34. The lowest BCUT2D eigenvalue weighted by Crippen LogP contribution is -2.19. The van der Waals surface area contributed by atoms with Crippen LogP contribution in [-0.2, 0) is 6.42 Å². The molecule has 0 saturated heterocycles. The van der Waals surface area contributed by atoms with Gasteiger partial charge in [-0.05, 0) is 5.41 Å². The summed E-state index contributed by atoms with van der Waals surface area (Å²) in [7, 11) is 0. The number of nitrogens with zero attached hydrogens (tertiary/aromatic N) is 1. The van der Waals surface area contributed by atoms with Crippen molar-refractivity contribution in [2.75, 3.05) is 0 Å². The van der Waals surface area contributed by atoms with Crippen molar-refractivity contribution in [3.8, 4) is 11.3 Å². The second kappa shape index (κ2) is 4.35. The molecule has 102 valence electrons. The van der Waals surface area contributed by atoms with Crippen LogP contribution in [-0.4, -0.2) is 16.6 Å². The molecule has 3 nitrogen and oxygen atoms in total. The summed E-state index contributed by atoms with van der Waals surface area (Å²) < 4.78 is 0. The topological polar surface area (TPSA) is 47.0 Å². The molecular weight excluding hydrogens is 270 g/mol. The lowest BCUT2D eigenvalue weighted by Gasteiger charge is -2.15. The van der Waals surface area contributed by atoms with Crippen LogP contribution in [0.2, 0.25) is 0 Å². The van der Waals surface area contributed by atoms with E-state index in [4.69, 9.17) is 0 Å². The molecule has 0 bridgehead atoms. The summed E-state index contributed by atoms with van der Waals surface area (Å²) in [6.07, 6.45) is 0.800. The van der Waals surface area contributed by atoms with Crippen molar-refractivity contribution in [1.29, 1.82) is 0 Å². The van der Waals surface area contributed by atoms with Crippen LogP contribution < -0.4 is 0 Å². The molecule has 0 fully saturated rings. The fourth-order valence-corrected chi connectivity index (χ4v) is 3.66. The zero-order chi connectivity index (χ0) is 14.5. The first kappa shape index (κ1) is 13.2. The van der Waals surface area contributed by atoms with Gasteiger partial charge in [-0.2, -0.15) is 0 Å². The molecule has 2 aromatic rings. The largest absolute Gasteiger partial charge is 0.285 e. The highest BCUT2D eigenvalue weighted by molar-refractivity contribution is 7.15. The first-order valence-electron chi connectivity index (χ1n) is 6.55. The number of fused-ring (bicyclic) bond motifs is 3. The highest BCUT2D eigenvalue weighted by atomic mass is 32.1. The number of thiazole rings is 1. The van der Waals surface area contributed by atoms with Gasteiger partial charge in [0.1, 0.15) is 4.88 Å². The first-order chi connectivity index (χ1) is 9.37. The standard InChI is InChI=1S/C16H15NO2S/c1-16(2,3)8-11-17-12-9-6-4-5-7-10(9)13(18)14(19)15(12)20-11/h4-7H,8H2,1-3H3. The van der Waals surface area contributed by atoms with Crippen molar-refractivity contribution in [3.05, 3.63) is 39.7 Å². The van der Waals surface area contributed by atoms with Gasteiger partial charge in [-0.25, -0.2) is 4.98 Å². The van der Waals surface area contributed by atoms with Crippen LogP contribution in [0, 0.1) is 5.41 Å². The van der Waals surface area contributed by atoms with E-state index in [2.05, 4.69) is 25.8 Å². The Morgan fingerprint density at radius 1 is 1.05 bits per heavy atom. The summed E-state index contributed by atoms with van der Waals surface area (Å²) in [5.41, 5.74) is 2.03. The molecule has 3 rings (SSSR count). The summed E-state index contributed by atoms with van der Waals surface area (Å²) in [5.74, 6) is -0.838. The van der Waals surface area contributed by atoms with E-state index < -0.39 is 11.6 Å². The van der Waals surface area contributed by atoms with Crippen LogP contribution in [0.1, 0.15) is 45.8 Å². The molecule has 1 aliphatic rings. The van der Waals surface area contributed by atoms with Gasteiger partial charge in [0.05, 0.1) is 10.7 Å². The Kier molecular flexibility index (Phi) is 2.87. The molecule has 0 atom stereocenters. The minimum Gasteiger partial charge on any atom is -0.285 e. The summed E-state index contributed by atoms with van der Waals surface area (Å²) in [4.78, 5) is 29.4. The maximum absolute atomic E-state index is 12.2. The van der Waals surface area contributed by atoms with Crippen molar-refractivity contribution in [3.63, 3.8) is 0 Å². The third-order valence-electron chi connectivity index (χ3n) is 3.19. The zero-order valence-corrected chi connectivity index (χ0v) is 12.5. The average Bonchev–Trinajstić information content (AvgIpc) is 2.77. The Hall–Kier alpha value is -1.81. The minimum atomic E-state index is -0.420. The maximum atomic E-state index is 12.2.